The Hall–Kier alpha value is -0.870. The predicted octanol–water partition coefficient (Wildman–Crippen LogP) is 11.1. The van der Waals surface area contributed by atoms with E-state index in [2.05, 4.69) is 19.2 Å². The summed E-state index contributed by atoms with van der Waals surface area (Å²) in [4.78, 5) is 12.3. The van der Waals surface area contributed by atoms with Crippen LogP contribution in [0.4, 0.5) is 0 Å². The van der Waals surface area contributed by atoms with Crippen LogP contribution in [0.15, 0.2) is 12.2 Å². The van der Waals surface area contributed by atoms with Gasteiger partial charge in [-0.25, -0.2) is 0 Å². The van der Waals surface area contributed by atoms with Gasteiger partial charge in [0.2, 0.25) is 5.91 Å². The maximum atomic E-state index is 12.3. The molecular formula is C38H75NO3. The van der Waals surface area contributed by atoms with Crippen LogP contribution in [0, 0.1) is 0 Å². The Bertz CT molecular complexity index is 565. The van der Waals surface area contributed by atoms with E-state index in [9.17, 15) is 15.0 Å². The van der Waals surface area contributed by atoms with Gasteiger partial charge in [-0.2, -0.15) is 0 Å². The lowest BCUT2D eigenvalue weighted by atomic mass is 10.0. The fourth-order valence-electron chi connectivity index (χ4n) is 5.82. The van der Waals surface area contributed by atoms with E-state index in [0.29, 0.717) is 6.42 Å². The van der Waals surface area contributed by atoms with Crippen LogP contribution in [-0.4, -0.2) is 34.9 Å². The van der Waals surface area contributed by atoms with Crippen LogP contribution in [0.2, 0.25) is 0 Å². The molecule has 4 heteroatoms. The van der Waals surface area contributed by atoms with Gasteiger partial charge in [-0.15, -0.1) is 0 Å². The highest BCUT2D eigenvalue weighted by molar-refractivity contribution is 5.76. The van der Waals surface area contributed by atoms with Crippen LogP contribution in [0.3, 0.4) is 0 Å². The second kappa shape index (κ2) is 34.6. The molecule has 4 nitrogen and oxygen atoms in total. The molecule has 1 amide bonds. The number of aliphatic hydroxyl groups is 2. The SMILES string of the molecule is CCCCCCCCCCCCCC=CC(O)C(CO)NC(=O)CCCCCCCCCCCCCCCCCCC. The summed E-state index contributed by atoms with van der Waals surface area (Å²) in [5.74, 6) is -0.0622. The Kier molecular flexibility index (Phi) is 33.9. The van der Waals surface area contributed by atoms with E-state index in [1.807, 2.05) is 6.08 Å². The highest BCUT2D eigenvalue weighted by atomic mass is 16.3. The highest BCUT2D eigenvalue weighted by Crippen LogP contribution is 2.15. The summed E-state index contributed by atoms with van der Waals surface area (Å²) in [5, 5.41) is 22.9. The van der Waals surface area contributed by atoms with E-state index in [-0.39, 0.29) is 12.5 Å². The van der Waals surface area contributed by atoms with Gasteiger partial charge in [0.15, 0.2) is 0 Å². The average Bonchev–Trinajstić information content (AvgIpc) is 2.99. The number of carbonyl (C=O) groups is 1. The number of hydrogen-bond acceptors (Lipinski definition) is 3. The lowest BCUT2D eigenvalue weighted by molar-refractivity contribution is -0.123. The minimum Gasteiger partial charge on any atom is -0.394 e. The van der Waals surface area contributed by atoms with Crippen LogP contribution in [-0.2, 0) is 4.79 Å². The lowest BCUT2D eigenvalue weighted by Crippen LogP contribution is -2.45. The minimum absolute atomic E-state index is 0.0622. The molecule has 0 aromatic carbocycles. The van der Waals surface area contributed by atoms with E-state index in [1.165, 1.54) is 161 Å². The van der Waals surface area contributed by atoms with Gasteiger partial charge in [-0.3, -0.25) is 4.79 Å². The summed E-state index contributed by atoms with van der Waals surface area (Å²) in [6.45, 7) is 4.31. The number of hydrogen-bond donors (Lipinski definition) is 3. The van der Waals surface area contributed by atoms with E-state index in [0.717, 1.165) is 25.7 Å². The number of nitrogens with one attached hydrogen (secondary N) is 1. The first-order valence-electron chi connectivity index (χ1n) is 18.9. The molecule has 42 heavy (non-hydrogen) atoms. The number of carbonyl (C=O) groups excluding carboxylic acids is 1. The molecule has 0 aliphatic carbocycles. The van der Waals surface area contributed by atoms with Crippen molar-refractivity contribution in [2.24, 2.45) is 0 Å². The van der Waals surface area contributed by atoms with Crippen LogP contribution in [0.1, 0.15) is 206 Å². The number of rotatable bonds is 34. The third kappa shape index (κ3) is 30.6. The smallest absolute Gasteiger partial charge is 0.220 e. The van der Waals surface area contributed by atoms with Gasteiger partial charge in [0.05, 0.1) is 18.8 Å². The van der Waals surface area contributed by atoms with Gasteiger partial charge in [0.25, 0.3) is 0 Å². The summed E-state index contributed by atoms with van der Waals surface area (Å²) >= 11 is 0. The molecule has 0 rings (SSSR count). The summed E-state index contributed by atoms with van der Waals surface area (Å²) in [6.07, 6.45) is 41.5. The fraction of sp³-hybridized carbons (Fsp3) is 0.921. The van der Waals surface area contributed by atoms with E-state index in [4.69, 9.17) is 0 Å². The molecule has 0 saturated carbocycles. The molecule has 0 heterocycles. The molecule has 0 fully saturated rings. The third-order valence-electron chi connectivity index (χ3n) is 8.77. The van der Waals surface area contributed by atoms with Crippen LogP contribution < -0.4 is 5.32 Å². The second-order valence-electron chi connectivity index (χ2n) is 13.0. The fourth-order valence-corrected chi connectivity index (χ4v) is 5.82. The Balaban J connectivity index is 3.57. The maximum absolute atomic E-state index is 12.3. The molecule has 2 unspecified atom stereocenters. The van der Waals surface area contributed by atoms with Crippen molar-refractivity contribution in [3.63, 3.8) is 0 Å². The standard InChI is InChI=1S/C38H75NO3/c1-3-5-7-9-11-13-15-17-18-19-20-22-24-26-28-30-32-34-38(42)39-36(35-40)37(41)33-31-29-27-25-23-21-16-14-12-10-8-6-4-2/h31,33,36-37,40-41H,3-30,32,34-35H2,1-2H3,(H,39,42). The van der Waals surface area contributed by atoms with Crippen molar-refractivity contribution in [1.29, 1.82) is 0 Å². The number of aliphatic hydroxyl groups excluding tert-OH is 2. The molecule has 250 valence electrons. The topological polar surface area (TPSA) is 69.6 Å². The summed E-state index contributed by atoms with van der Waals surface area (Å²) in [6, 6.07) is -0.614. The van der Waals surface area contributed by atoms with Crippen molar-refractivity contribution >= 4 is 5.91 Å². The Morgan fingerprint density at radius 2 is 0.881 bits per heavy atom. The maximum Gasteiger partial charge on any atom is 0.220 e. The largest absolute Gasteiger partial charge is 0.394 e. The van der Waals surface area contributed by atoms with Crippen molar-refractivity contribution < 1.29 is 15.0 Å². The molecule has 3 N–H and O–H groups in total. The zero-order chi connectivity index (χ0) is 30.8. The van der Waals surface area contributed by atoms with Crippen LogP contribution in [0.5, 0.6) is 0 Å². The molecule has 0 saturated heterocycles. The third-order valence-corrected chi connectivity index (χ3v) is 8.77. The molecule has 0 aromatic heterocycles. The van der Waals surface area contributed by atoms with Gasteiger partial charge in [0, 0.05) is 6.42 Å². The van der Waals surface area contributed by atoms with Gasteiger partial charge >= 0.3 is 0 Å². The summed E-state index contributed by atoms with van der Waals surface area (Å²) in [7, 11) is 0. The van der Waals surface area contributed by atoms with E-state index in [1.54, 1.807) is 6.08 Å². The Morgan fingerprint density at radius 1 is 0.548 bits per heavy atom. The molecule has 0 spiro atoms. The monoisotopic (exact) mass is 594 g/mol. The summed E-state index contributed by atoms with van der Waals surface area (Å²) < 4.78 is 0. The lowest BCUT2D eigenvalue weighted by Gasteiger charge is -2.20. The number of unbranched alkanes of at least 4 members (excludes halogenated alkanes) is 27. The van der Waals surface area contributed by atoms with Crippen molar-refractivity contribution in [2.45, 2.75) is 219 Å². The first kappa shape index (κ1) is 41.1. The van der Waals surface area contributed by atoms with Crippen molar-refractivity contribution in [2.75, 3.05) is 6.61 Å². The predicted molar refractivity (Wildman–Crippen MR) is 184 cm³/mol. The molecule has 0 aliphatic rings. The van der Waals surface area contributed by atoms with Crippen LogP contribution >= 0.6 is 0 Å². The van der Waals surface area contributed by atoms with Crippen molar-refractivity contribution in [3.8, 4) is 0 Å². The molecule has 0 bridgehead atoms. The normalized spacial score (nSPS) is 13.1. The molecule has 0 aromatic rings. The molecule has 0 radical (unpaired) electrons. The van der Waals surface area contributed by atoms with Gasteiger partial charge in [-0.1, -0.05) is 193 Å². The average molecular weight is 594 g/mol. The molecular weight excluding hydrogens is 518 g/mol. The van der Waals surface area contributed by atoms with E-state index >= 15 is 0 Å². The first-order chi connectivity index (χ1) is 20.7. The van der Waals surface area contributed by atoms with Crippen LogP contribution in [0.25, 0.3) is 0 Å². The zero-order valence-electron chi connectivity index (χ0n) is 28.5. The minimum atomic E-state index is -0.831. The Labute approximate surface area is 263 Å². The number of amides is 1. The van der Waals surface area contributed by atoms with E-state index < -0.39 is 12.1 Å². The van der Waals surface area contributed by atoms with Gasteiger partial charge in [0.1, 0.15) is 0 Å². The van der Waals surface area contributed by atoms with Crippen molar-refractivity contribution in [3.05, 3.63) is 12.2 Å². The number of allylic oxidation sites excluding steroid dienone is 1. The van der Waals surface area contributed by atoms with Crippen molar-refractivity contribution in [1.82, 2.24) is 5.32 Å². The summed E-state index contributed by atoms with van der Waals surface area (Å²) in [5.41, 5.74) is 0. The Morgan fingerprint density at radius 3 is 1.24 bits per heavy atom. The highest BCUT2D eigenvalue weighted by Gasteiger charge is 2.17. The van der Waals surface area contributed by atoms with Gasteiger partial charge in [-0.05, 0) is 19.3 Å². The molecule has 0 aliphatic heterocycles. The zero-order valence-corrected chi connectivity index (χ0v) is 28.5. The first-order valence-corrected chi connectivity index (χ1v) is 18.9. The quantitative estimate of drug-likeness (QED) is 0.0513. The van der Waals surface area contributed by atoms with Gasteiger partial charge < -0.3 is 15.5 Å². The molecule has 2 atom stereocenters. The second-order valence-corrected chi connectivity index (χ2v) is 13.0.